The maximum Gasteiger partial charge on any atom is 0.244 e. The van der Waals surface area contributed by atoms with Gasteiger partial charge in [0.05, 0.1) is 11.9 Å². The topological polar surface area (TPSA) is 47.4 Å². The van der Waals surface area contributed by atoms with Crippen LogP contribution in [0.5, 0.6) is 5.75 Å². The van der Waals surface area contributed by atoms with Gasteiger partial charge in [0.2, 0.25) is 5.91 Å². The van der Waals surface area contributed by atoms with Gasteiger partial charge in [-0.15, -0.1) is 0 Å². The average Bonchev–Trinajstić information content (AvgIpc) is 2.98. The van der Waals surface area contributed by atoms with Gasteiger partial charge >= 0.3 is 0 Å². The number of nitrogens with zero attached hydrogens (tertiary/aromatic N) is 3. The summed E-state index contributed by atoms with van der Waals surface area (Å²) < 4.78 is 7.56. The minimum Gasteiger partial charge on any atom is -0.488 e. The molecule has 2 heterocycles. The third-order valence-electron chi connectivity index (χ3n) is 4.07. The van der Waals surface area contributed by atoms with E-state index in [1.54, 1.807) is 0 Å². The van der Waals surface area contributed by atoms with Crippen LogP contribution in [0.4, 0.5) is 0 Å². The summed E-state index contributed by atoms with van der Waals surface area (Å²) in [6, 6.07) is 7.92. The van der Waals surface area contributed by atoms with Gasteiger partial charge in [0.15, 0.2) is 0 Å². The predicted octanol–water partition coefficient (Wildman–Crippen LogP) is 3.09. The van der Waals surface area contributed by atoms with Gasteiger partial charge in [0, 0.05) is 24.2 Å². The summed E-state index contributed by atoms with van der Waals surface area (Å²) in [7, 11) is 0. The number of carbonyl (C=O) groups excluding carboxylic acids is 1. The Balaban J connectivity index is 1.86. The molecule has 1 aromatic carbocycles. The molecule has 0 fully saturated rings. The van der Waals surface area contributed by atoms with Crippen molar-refractivity contribution >= 4 is 5.91 Å². The van der Waals surface area contributed by atoms with Crippen LogP contribution in [-0.2, 0) is 17.9 Å². The van der Waals surface area contributed by atoms with Crippen molar-refractivity contribution in [3.05, 3.63) is 36.0 Å². The quantitative estimate of drug-likeness (QED) is 0.823. The van der Waals surface area contributed by atoms with Gasteiger partial charge in [-0.25, -0.2) is 0 Å². The van der Waals surface area contributed by atoms with E-state index in [0.717, 1.165) is 48.5 Å². The van der Waals surface area contributed by atoms with E-state index < -0.39 is 0 Å². The van der Waals surface area contributed by atoms with Crippen molar-refractivity contribution in [2.24, 2.45) is 0 Å². The van der Waals surface area contributed by atoms with Crippen LogP contribution >= 0.6 is 0 Å². The molecule has 1 amide bonds. The normalized spacial score (nSPS) is 12.3. The predicted molar refractivity (Wildman–Crippen MR) is 89.2 cm³/mol. The zero-order valence-corrected chi connectivity index (χ0v) is 13.8. The van der Waals surface area contributed by atoms with Crippen molar-refractivity contribution in [3.8, 4) is 17.0 Å². The molecule has 5 heteroatoms. The van der Waals surface area contributed by atoms with Crippen LogP contribution in [0.1, 0.15) is 32.3 Å². The maximum absolute atomic E-state index is 12.6. The van der Waals surface area contributed by atoms with Crippen LogP contribution in [0.3, 0.4) is 0 Å². The first-order chi connectivity index (χ1) is 11.2. The van der Waals surface area contributed by atoms with Gasteiger partial charge in [-0.1, -0.05) is 26.0 Å². The van der Waals surface area contributed by atoms with E-state index >= 15 is 0 Å². The summed E-state index contributed by atoms with van der Waals surface area (Å²) in [6.07, 6.45) is 3.75. The lowest BCUT2D eigenvalue weighted by Gasteiger charge is -2.23. The SMILES string of the molecule is CCCN(CCC)C(=O)Cn1ncc2c1-c1ccccc1OC2. The molecule has 122 valence electrons. The number of rotatable bonds is 6. The maximum atomic E-state index is 12.6. The molecule has 5 nitrogen and oxygen atoms in total. The Bertz CT molecular complexity index is 687. The van der Waals surface area contributed by atoms with E-state index in [1.807, 2.05) is 40.0 Å². The van der Waals surface area contributed by atoms with Crippen molar-refractivity contribution in [1.29, 1.82) is 0 Å². The Labute approximate surface area is 136 Å². The zero-order chi connectivity index (χ0) is 16.2. The third kappa shape index (κ3) is 3.09. The monoisotopic (exact) mass is 313 g/mol. The Kier molecular flexibility index (Phi) is 4.65. The number of benzene rings is 1. The summed E-state index contributed by atoms with van der Waals surface area (Å²) >= 11 is 0. The number of hydrogen-bond acceptors (Lipinski definition) is 3. The van der Waals surface area contributed by atoms with Crippen LogP contribution in [0.25, 0.3) is 11.3 Å². The summed E-state index contributed by atoms with van der Waals surface area (Å²) in [4.78, 5) is 14.6. The lowest BCUT2D eigenvalue weighted by Crippen LogP contribution is -2.35. The van der Waals surface area contributed by atoms with Crippen LogP contribution < -0.4 is 4.74 Å². The highest BCUT2D eigenvalue weighted by Crippen LogP contribution is 2.36. The molecule has 0 N–H and O–H groups in total. The van der Waals surface area contributed by atoms with Crippen molar-refractivity contribution in [2.45, 2.75) is 39.8 Å². The van der Waals surface area contributed by atoms with Crippen LogP contribution in [0, 0.1) is 0 Å². The first kappa shape index (κ1) is 15.6. The minimum atomic E-state index is 0.128. The first-order valence-electron chi connectivity index (χ1n) is 8.29. The summed E-state index contributed by atoms with van der Waals surface area (Å²) in [6.45, 7) is 6.59. The highest BCUT2D eigenvalue weighted by molar-refractivity contribution is 5.78. The second-order valence-corrected chi connectivity index (χ2v) is 5.84. The van der Waals surface area contributed by atoms with Crippen LogP contribution in [0.2, 0.25) is 0 Å². The standard InChI is InChI=1S/C18H23N3O2/c1-3-9-20(10-4-2)17(22)12-21-18-14(11-19-21)13-23-16-8-6-5-7-15(16)18/h5-8,11H,3-4,9-10,12-13H2,1-2H3. The first-order valence-corrected chi connectivity index (χ1v) is 8.29. The number of ether oxygens (including phenoxy) is 1. The number of amides is 1. The lowest BCUT2D eigenvalue weighted by molar-refractivity contribution is -0.132. The van der Waals surface area contributed by atoms with Crippen molar-refractivity contribution in [2.75, 3.05) is 13.1 Å². The fourth-order valence-corrected chi connectivity index (χ4v) is 3.03. The van der Waals surface area contributed by atoms with Gasteiger partial charge in [-0.2, -0.15) is 5.10 Å². The summed E-state index contributed by atoms with van der Waals surface area (Å²) in [5.41, 5.74) is 3.05. The molecule has 3 rings (SSSR count). The Morgan fingerprint density at radius 1 is 1.26 bits per heavy atom. The molecular formula is C18H23N3O2. The molecule has 0 radical (unpaired) electrons. The Hall–Kier alpha value is -2.30. The van der Waals surface area contributed by atoms with E-state index in [1.165, 1.54) is 0 Å². The molecule has 0 unspecified atom stereocenters. The van der Waals surface area contributed by atoms with Crippen LogP contribution in [-0.4, -0.2) is 33.7 Å². The Morgan fingerprint density at radius 2 is 2.00 bits per heavy atom. The minimum absolute atomic E-state index is 0.128. The molecule has 0 saturated heterocycles. The number of aromatic nitrogens is 2. The smallest absolute Gasteiger partial charge is 0.244 e. The van der Waals surface area contributed by atoms with E-state index in [0.29, 0.717) is 6.61 Å². The van der Waals surface area contributed by atoms with E-state index in [4.69, 9.17) is 4.74 Å². The number of hydrogen-bond donors (Lipinski definition) is 0. The molecule has 0 atom stereocenters. The van der Waals surface area contributed by atoms with E-state index in [-0.39, 0.29) is 12.5 Å². The number of carbonyl (C=O) groups is 1. The molecule has 1 aliphatic heterocycles. The number of para-hydroxylation sites is 1. The van der Waals surface area contributed by atoms with E-state index in [2.05, 4.69) is 18.9 Å². The second kappa shape index (κ2) is 6.86. The fraction of sp³-hybridized carbons (Fsp3) is 0.444. The Morgan fingerprint density at radius 3 is 2.74 bits per heavy atom. The van der Waals surface area contributed by atoms with Gasteiger partial charge < -0.3 is 9.64 Å². The summed E-state index contributed by atoms with van der Waals surface area (Å²) in [5.74, 6) is 0.983. The molecule has 0 aliphatic carbocycles. The molecule has 0 bridgehead atoms. The van der Waals surface area contributed by atoms with E-state index in [9.17, 15) is 4.79 Å². The average molecular weight is 313 g/mol. The largest absolute Gasteiger partial charge is 0.488 e. The summed E-state index contributed by atoms with van der Waals surface area (Å²) in [5, 5.41) is 4.43. The zero-order valence-electron chi connectivity index (χ0n) is 13.8. The van der Waals surface area contributed by atoms with Crippen molar-refractivity contribution < 1.29 is 9.53 Å². The van der Waals surface area contributed by atoms with Crippen LogP contribution in [0.15, 0.2) is 30.5 Å². The van der Waals surface area contributed by atoms with Gasteiger partial charge in [-0.3, -0.25) is 9.48 Å². The van der Waals surface area contributed by atoms with Crippen molar-refractivity contribution in [1.82, 2.24) is 14.7 Å². The van der Waals surface area contributed by atoms with Gasteiger partial charge in [0.25, 0.3) is 0 Å². The molecule has 1 aliphatic rings. The molecule has 0 saturated carbocycles. The molecular weight excluding hydrogens is 290 g/mol. The molecule has 23 heavy (non-hydrogen) atoms. The molecule has 1 aromatic heterocycles. The number of fused-ring (bicyclic) bond motifs is 3. The second-order valence-electron chi connectivity index (χ2n) is 5.84. The van der Waals surface area contributed by atoms with Crippen molar-refractivity contribution in [3.63, 3.8) is 0 Å². The molecule has 0 spiro atoms. The van der Waals surface area contributed by atoms with Gasteiger partial charge in [-0.05, 0) is 25.0 Å². The highest BCUT2D eigenvalue weighted by atomic mass is 16.5. The van der Waals surface area contributed by atoms with Gasteiger partial charge in [0.1, 0.15) is 18.9 Å². The molecule has 2 aromatic rings. The lowest BCUT2D eigenvalue weighted by atomic mass is 10.0. The fourth-order valence-electron chi connectivity index (χ4n) is 3.03. The highest BCUT2D eigenvalue weighted by Gasteiger charge is 2.23. The third-order valence-corrected chi connectivity index (χ3v) is 4.07.